The van der Waals surface area contributed by atoms with Gasteiger partial charge in [-0.15, -0.1) is 0 Å². The van der Waals surface area contributed by atoms with Crippen molar-refractivity contribution in [2.45, 2.75) is 17.4 Å². The predicted octanol–water partition coefficient (Wildman–Crippen LogP) is 4.07. The van der Waals surface area contributed by atoms with Crippen molar-refractivity contribution >= 4 is 10.0 Å². The highest BCUT2D eigenvalue weighted by Gasteiger charge is 2.39. The number of rotatable bonds is 9. The standard InChI is InChI=1S/C27H31NO8S/c1-31-21-9-7-18(14-23(21)33-3)27-20-16-26(36-6)24(34-4)13-17(20)11-12-28(27)37(29,30)19-8-10-22(32-2)25(15-19)35-5/h7-10,13-16,27H,11-12H2,1-6H3. The number of hydrogen-bond acceptors (Lipinski definition) is 8. The lowest BCUT2D eigenvalue weighted by Gasteiger charge is -2.37. The van der Waals surface area contributed by atoms with E-state index in [1.54, 1.807) is 46.6 Å². The summed E-state index contributed by atoms with van der Waals surface area (Å²) in [6.45, 7) is 0.248. The first kappa shape index (κ1) is 26.4. The summed E-state index contributed by atoms with van der Waals surface area (Å²) in [6.07, 6.45) is 0.492. The first-order valence-corrected chi connectivity index (χ1v) is 13.0. The summed E-state index contributed by atoms with van der Waals surface area (Å²) in [4.78, 5) is 0.0968. The number of hydrogen-bond donors (Lipinski definition) is 0. The Hall–Kier alpha value is -3.63. The zero-order chi connectivity index (χ0) is 26.7. The molecule has 0 spiro atoms. The lowest BCUT2D eigenvalue weighted by molar-refractivity contribution is 0.328. The van der Waals surface area contributed by atoms with E-state index in [2.05, 4.69) is 0 Å². The zero-order valence-electron chi connectivity index (χ0n) is 21.7. The van der Waals surface area contributed by atoms with Crippen LogP contribution in [0.25, 0.3) is 0 Å². The summed E-state index contributed by atoms with van der Waals surface area (Å²) < 4.78 is 62.4. The molecule has 3 aromatic rings. The molecule has 10 heteroatoms. The number of benzene rings is 3. The average molecular weight is 530 g/mol. The van der Waals surface area contributed by atoms with Gasteiger partial charge in [0.1, 0.15) is 0 Å². The van der Waals surface area contributed by atoms with E-state index < -0.39 is 16.1 Å². The molecule has 0 amide bonds. The van der Waals surface area contributed by atoms with Crippen molar-refractivity contribution in [2.75, 3.05) is 49.2 Å². The monoisotopic (exact) mass is 529 g/mol. The molecule has 1 heterocycles. The van der Waals surface area contributed by atoms with Crippen molar-refractivity contribution in [3.63, 3.8) is 0 Å². The van der Waals surface area contributed by atoms with Crippen molar-refractivity contribution in [1.82, 2.24) is 4.31 Å². The molecule has 0 bridgehead atoms. The largest absolute Gasteiger partial charge is 0.493 e. The quantitative estimate of drug-likeness (QED) is 0.410. The second kappa shape index (κ2) is 10.8. The maximum atomic E-state index is 14.1. The first-order chi connectivity index (χ1) is 17.8. The third-order valence-corrected chi connectivity index (χ3v) is 8.37. The van der Waals surface area contributed by atoms with Crippen LogP contribution in [0.2, 0.25) is 0 Å². The van der Waals surface area contributed by atoms with E-state index in [4.69, 9.17) is 28.4 Å². The SMILES string of the molecule is COc1ccc(C2c3cc(OC)c(OC)cc3CCN2S(=O)(=O)c2ccc(OC)c(OC)c2)cc1OC. The van der Waals surface area contributed by atoms with Gasteiger partial charge in [-0.2, -0.15) is 4.31 Å². The molecule has 0 radical (unpaired) electrons. The Labute approximate surface area is 217 Å². The smallest absolute Gasteiger partial charge is 0.244 e. The van der Waals surface area contributed by atoms with Gasteiger partial charge < -0.3 is 28.4 Å². The van der Waals surface area contributed by atoms with E-state index in [9.17, 15) is 8.42 Å². The fourth-order valence-electron chi connectivity index (χ4n) is 4.66. The number of ether oxygens (including phenoxy) is 6. The Morgan fingerprint density at radius 2 is 1.16 bits per heavy atom. The van der Waals surface area contributed by atoms with Crippen LogP contribution < -0.4 is 28.4 Å². The van der Waals surface area contributed by atoms with Gasteiger partial charge in [-0.25, -0.2) is 8.42 Å². The summed E-state index contributed by atoms with van der Waals surface area (Å²) in [6, 6.07) is 13.1. The van der Waals surface area contributed by atoms with E-state index >= 15 is 0 Å². The van der Waals surface area contributed by atoms with Gasteiger partial charge in [0.15, 0.2) is 34.5 Å². The van der Waals surface area contributed by atoms with Crippen LogP contribution in [0, 0.1) is 0 Å². The van der Waals surface area contributed by atoms with Crippen molar-refractivity contribution in [2.24, 2.45) is 0 Å². The summed E-state index contributed by atoms with van der Waals surface area (Å²) in [5, 5.41) is 0. The van der Waals surface area contributed by atoms with Gasteiger partial charge in [0.25, 0.3) is 0 Å². The van der Waals surface area contributed by atoms with Crippen molar-refractivity contribution < 1.29 is 36.8 Å². The van der Waals surface area contributed by atoms with Crippen LogP contribution in [0.3, 0.4) is 0 Å². The summed E-state index contributed by atoms with van der Waals surface area (Å²) in [5.41, 5.74) is 2.48. The van der Waals surface area contributed by atoms with Crippen molar-refractivity contribution in [3.05, 3.63) is 65.2 Å². The first-order valence-electron chi connectivity index (χ1n) is 11.5. The summed E-state index contributed by atoms with van der Waals surface area (Å²) >= 11 is 0. The molecule has 1 aliphatic heterocycles. The maximum Gasteiger partial charge on any atom is 0.244 e. The van der Waals surface area contributed by atoms with Gasteiger partial charge >= 0.3 is 0 Å². The Morgan fingerprint density at radius 3 is 1.76 bits per heavy atom. The highest BCUT2D eigenvalue weighted by Crippen LogP contribution is 2.45. The van der Waals surface area contributed by atoms with E-state index in [0.717, 1.165) is 16.7 Å². The van der Waals surface area contributed by atoms with Gasteiger partial charge in [-0.05, 0) is 59.5 Å². The molecule has 0 fully saturated rings. The van der Waals surface area contributed by atoms with Crippen LogP contribution in [0.1, 0.15) is 22.7 Å². The van der Waals surface area contributed by atoms with Crippen LogP contribution in [0.5, 0.6) is 34.5 Å². The molecule has 0 saturated carbocycles. The molecule has 198 valence electrons. The molecule has 9 nitrogen and oxygen atoms in total. The van der Waals surface area contributed by atoms with E-state index in [-0.39, 0.29) is 11.4 Å². The van der Waals surface area contributed by atoms with Crippen molar-refractivity contribution in [3.8, 4) is 34.5 Å². The third-order valence-electron chi connectivity index (χ3n) is 6.51. The molecule has 0 N–H and O–H groups in total. The van der Waals surface area contributed by atoms with Crippen LogP contribution in [-0.2, 0) is 16.4 Å². The fraction of sp³-hybridized carbons (Fsp3) is 0.333. The second-order valence-corrected chi connectivity index (χ2v) is 10.2. The molecule has 3 aromatic carbocycles. The van der Waals surface area contributed by atoms with Gasteiger partial charge in [-0.3, -0.25) is 0 Å². The van der Waals surface area contributed by atoms with Crippen molar-refractivity contribution in [1.29, 1.82) is 0 Å². The van der Waals surface area contributed by atoms with Gasteiger partial charge in [0.2, 0.25) is 10.0 Å². The van der Waals surface area contributed by atoms with Gasteiger partial charge in [0, 0.05) is 12.6 Å². The molecular weight excluding hydrogens is 498 g/mol. The van der Waals surface area contributed by atoms with E-state index in [1.165, 1.54) is 30.7 Å². The zero-order valence-corrected chi connectivity index (χ0v) is 22.5. The average Bonchev–Trinajstić information content (AvgIpc) is 2.94. The lowest BCUT2D eigenvalue weighted by atomic mass is 9.89. The molecule has 1 atom stereocenters. The molecule has 0 saturated heterocycles. The highest BCUT2D eigenvalue weighted by molar-refractivity contribution is 7.89. The molecule has 37 heavy (non-hydrogen) atoms. The molecule has 1 aliphatic rings. The Kier molecular flexibility index (Phi) is 7.70. The number of sulfonamides is 1. The fourth-order valence-corrected chi connectivity index (χ4v) is 6.27. The van der Waals surface area contributed by atoms with Gasteiger partial charge in [-0.1, -0.05) is 6.07 Å². The predicted molar refractivity (Wildman–Crippen MR) is 138 cm³/mol. The topological polar surface area (TPSA) is 92.8 Å². The second-order valence-electron chi connectivity index (χ2n) is 8.31. The lowest BCUT2D eigenvalue weighted by Crippen LogP contribution is -2.40. The van der Waals surface area contributed by atoms with E-state index in [0.29, 0.717) is 40.9 Å². The number of nitrogens with zero attached hydrogens (tertiary/aromatic N) is 1. The number of fused-ring (bicyclic) bond motifs is 1. The molecule has 0 aliphatic carbocycles. The number of methoxy groups -OCH3 is 6. The molecule has 4 rings (SSSR count). The normalized spacial score (nSPS) is 15.5. The molecule has 0 aromatic heterocycles. The minimum Gasteiger partial charge on any atom is -0.493 e. The summed E-state index contributed by atoms with van der Waals surface area (Å²) in [7, 11) is 5.22. The van der Waals surface area contributed by atoms with Crippen LogP contribution in [0.4, 0.5) is 0 Å². The Balaban J connectivity index is 1.93. The molecular formula is C27H31NO8S. The minimum atomic E-state index is -3.98. The maximum absolute atomic E-state index is 14.1. The Morgan fingerprint density at radius 1 is 0.649 bits per heavy atom. The minimum absolute atomic E-state index is 0.0968. The van der Waals surface area contributed by atoms with Crippen LogP contribution in [0.15, 0.2) is 53.4 Å². The molecule has 1 unspecified atom stereocenters. The van der Waals surface area contributed by atoms with E-state index in [1.807, 2.05) is 18.2 Å². The van der Waals surface area contributed by atoms with Crippen LogP contribution >= 0.6 is 0 Å². The van der Waals surface area contributed by atoms with Gasteiger partial charge in [0.05, 0.1) is 53.6 Å². The Bertz CT molecular complexity index is 1390. The highest BCUT2D eigenvalue weighted by atomic mass is 32.2. The van der Waals surface area contributed by atoms with Crippen LogP contribution in [-0.4, -0.2) is 61.9 Å². The third kappa shape index (κ3) is 4.74. The summed E-state index contributed by atoms with van der Waals surface area (Å²) in [5.74, 6) is 2.91.